The fraction of sp³-hybridized carbons (Fsp3) is 0.0400. The van der Waals surface area contributed by atoms with Crippen molar-refractivity contribution in [3.63, 3.8) is 0 Å². The molecule has 2 aromatic carbocycles. The summed E-state index contributed by atoms with van der Waals surface area (Å²) in [6.45, 7) is 0. The lowest BCUT2D eigenvalue weighted by Gasteiger charge is -2.11. The summed E-state index contributed by atoms with van der Waals surface area (Å²) < 4.78 is 40.4. The molecule has 0 aliphatic rings. The van der Waals surface area contributed by atoms with Crippen molar-refractivity contribution in [2.24, 2.45) is 0 Å². The van der Waals surface area contributed by atoms with E-state index in [1.807, 2.05) is 0 Å². The molecule has 0 atom stereocenters. The highest BCUT2D eigenvalue weighted by Gasteiger charge is 2.31. The molecule has 0 fully saturated rings. The summed E-state index contributed by atoms with van der Waals surface area (Å²) >= 11 is 0. The van der Waals surface area contributed by atoms with Crippen LogP contribution in [0.5, 0.6) is 0 Å². The highest BCUT2D eigenvalue weighted by Crippen LogP contribution is 2.34. The monoisotopic (exact) mass is 556 g/mol. The number of alkyl halides is 3. The van der Waals surface area contributed by atoms with Crippen LogP contribution in [0.3, 0.4) is 0 Å². The molecule has 0 saturated heterocycles. The van der Waals surface area contributed by atoms with E-state index in [-0.39, 0.29) is 89.5 Å². The maximum Gasteiger partial charge on any atom is 0.416 e. The first kappa shape index (κ1) is 24.2. The summed E-state index contributed by atoms with van der Waals surface area (Å²) in [5.41, 5.74) is -2.61. The van der Waals surface area contributed by atoms with Gasteiger partial charge in [-0.25, -0.2) is 49.8 Å². The van der Waals surface area contributed by atoms with E-state index in [0.29, 0.717) is 0 Å². The quantitative estimate of drug-likeness (QED) is 0.193. The number of hydrogen-bond donors (Lipinski definition) is 0. The van der Waals surface area contributed by atoms with E-state index in [1.165, 1.54) is 0 Å². The van der Waals surface area contributed by atoms with Crippen molar-refractivity contribution in [2.45, 2.75) is 6.18 Å². The predicted octanol–water partition coefficient (Wildman–Crippen LogP) is 3.06. The van der Waals surface area contributed by atoms with Crippen molar-refractivity contribution < 1.29 is 13.2 Å². The first-order valence-electron chi connectivity index (χ1n) is 11.4. The minimum Gasteiger partial charge on any atom is -0.242 e. The van der Waals surface area contributed by atoms with Crippen molar-refractivity contribution in [1.82, 2.24) is 49.8 Å². The first-order chi connectivity index (χ1) is 20.2. The number of hydrogen-bond acceptors (Lipinski definition) is 14. The second kappa shape index (κ2) is 8.32. The Hall–Kier alpha value is -6.85. The zero-order valence-corrected chi connectivity index (χ0v) is 20.1. The maximum absolute atomic E-state index is 13.5. The number of halogens is 3. The Morgan fingerprint density at radius 1 is 0.452 bits per heavy atom. The minimum atomic E-state index is -4.64. The highest BCUT2D eigenvalue weighted by atomic mass is 19.4. The van der Waals surface area contributed by atoms with Crippen LogP contribution in [-0.2, 0) is 6.18 Å². The van der Waals surface area contributed by atoms with Crippen molar-refractivity contribution >= 4 is 66.7 Å². The fourth-order valence-electron chi connectivity index (χ4n) is 4.30. The standard InChI is InChI=1S/C25H3F3N14/c26-25(27,28)8-1-2-9-10(3-8)34-16-15(33-9)17-19(41-23-21(39-17)35-11(4-29)13(6-31)37-23)20-18(16)40-22-24(42-20)38-14(7-32)12(5-30)36-22/h1-3H. The van der Waals surface area contributed by atoms with E-state index in [0.717, 1.165) is 18.2 Å². The van der Waals surface area contributed by atoms with Gasteiger partial charge in [0.15, 0.2) is 45.4 Å². The first-order valence-corrected chi connectivity index (χ1v) is 11.4. The topological polar surface area (TPSA) is 224 Å². The molecule has 0 aliphatic carbocycles. The molecule has 0 aliphatic heterocycles. The molecule has 0 bridgehead atoms. The number of nitriles is 4. The van der Waals surface area contributed by atoms with Crippen molar-refractivity contribution in [1.29, 1.82) is 21.0 Å². The van der Waals surface area contributed by atoms with Gasteiger partial charge in [-0.15, -0.1) is 0 Å². The molecule has 42 heavy (non-hydrogen) atoms. The van der Waals surface area contributed by atoms with Gasteiger partial charge in [-0.1, -0.05) is 0 Å². The molecular weight excluding hydrogens is 553 g/mol. The van der Waals surface area contributed by atoms with Gasteiger partial charge in [0, 0.05) is 0 Å². The van der Waals surface area contributed by atoms with Crippen LogP contribution in [0.4, 0.5) is 13.2 Å². The summed E-state index contributed by atoms with van der Waals surface area (Å²) in [5.74, 6) is 0. The predicted molar refractivity (Wildman–Crippen MR) is 133 cm³/mol. The van der Waals surface area contributed by atoms with E-state index in [1.54, 1.807) is 24.3 Å². The van der Waals surface area contributed by atoms with Crippen molar-refractivity contribution in [3.8, 4) is 24.3 Å². The summed E-state index contributed by atoms with van der Waals surface area (Å²) in [5, 5.41) is 37.5. The van der Waals surface area contributed by atoms with Gasteiger partial charge in [-0.2, -0.15) is 34.2 Å². The number of aromatic nitrogens is 10. The molecular formula is C25H3F3N14. The zero-order valence-electron chi connectivity index (χ0n) is 20.1. The molecule has 0 unspecified atom stereocenters. The van der Waals surface area contributed by atoms with Crippen LogP contribution in [-0.4, -0.2) is 49.8 Å². The van der Waals surface area contributed by atoms with Crippen LogP contribution in [0, 0.1) is 45.3 Å². The molecule has 0 saturated carbocycles. The lowest BCUT2D eigenvalue weighted by molar-refractivity contribution is -0.137. The molecule has 0 radical (unpaired) electrons. The van der Waals surface area contributed by atoms with Gasteiger partial charge in [0.05, 0.1) is 16.6 Å². The molecule has 0 spiro atoms. The summed E-state index contributed by atoms with van der Waals surface area (Å²) in [7, 11) is 0. The van der Waals surface area contributed by atoms with Gasteiger partial charge in [0.1, 0.15) is 57.4 Å². The Kier molecular flexibility index (Phi) is 4.80. The van der Waals surface area contributed by atoms with Crippen LogP contribution >= 0.6 is 0 Å². The van der Waals surface area contributed by atoms with E-state index in [9.17, 15) is 34.2 Å². The Bertz CT molecular complexity index is 2570. The number of fused-ring (bicyclic) bond motifs is 9. The molecule has 7 rings (SSSR count). The molecule has 194 valence electrons. The van der Waals surface area contributed by atoms with E-state index >= 15 is 0 Å². The lowest BCUT2D eigenvalue weighted by Crippen LogP contribution is -2.06. The molecule has 7 aromatic rings. The van der Waals surface area contributed by atoms with Gasteiger partial charge in [-0.3, -0.25) is 0 Å². The summed E-state index contributed by atoms with van der Waals surface area (Å²) in [6.07, 6.45) is -4.64. The Morgan fingerprint density at radius 2 is 0.786 bits per heavy atom. The average Bonchev–Trinajstić information content (AvgIpc) is 3.00. The van der Waals surface area contributed by atoms with E-state index in [2.05, 4.69) is 49.8 Å². The third kappa shape index (κ3) is 3.42. The zero-order chi connectivity index (χ0) is 29.3. The fourth-order valence-corrected chi connectivity index (χ4v) is 4.30. The third-order valence-corrected chi connectivity index (χ3v) is 6.13. The molecule has 5 heterocycles. The molecule has 0 N–H and O–H groups in total. The lowest BCUT2D eigenvalue weighted by atomic mass is 10.1. The average molecular weight is 556 g/mol. The van der Waals surface area contributed by atoms with Gasteiger partial charge in [0.2, 0.25) is 0 Å². The second-order valence-corrected chi connectivity index (χ2v) is 8.55. The smallest absolute Gasteiger partial charge is 0.242 e. The van der Waals surface area contributed by atoms with Gasteiger partial charge < -0.3 is 0 Å². The second-order valence-electron chi connectivity index (χ2n) is 8.55. The van der Waals surface area contributed by atoms with Gasteiger partial charge in [-0.05, 0) is 18.2 Å². The number of nitrogens with zero attached hydrogens (tertiary/aromatic N) is 14. The van der Waals surface area contributed by atoms with Gasteiger partial charge in [0.25, 0.3) is 0 Å². The van der Waals surface area contributed by atoms with Crippen LogP contribution in [0.15, 0.2) is 18.2 Å². The Labute approximate surface area is 228 Å². The SMILES string of the molecule is N#Cc1nc2nc3c4nc5ccc(C(F)(F)F)cc5nc4c4nc5nc(C#N)c(C#N)nc5nc4c3nc2nc1C#N. The van der Waals surface area contributed by atoms with Crippen molar-refractivity contribution in [2.75, 3.05) is 0 Å². The largest absolute Gasteiger partial charge is 0.416 e. The minimum absolute atomic E-state index is 0.00686. The van der Waals surface area contributed by atoms with Gasteiger partial charge >= 0.3 is 6.18 Å². The Morgan fingerprint density at radius 3 is 1.12 bits per heavy atom. The van der Waals surface area contributed by atoms with Crippen LogP contribution in [0.2, 0.25) is 0 Å². The normalized spacial score (nSPS) is 11.6. The summed E-state index contributed by atoms with van der Waals surface area (Å²) in [6, 6.07) is 9.89. The van der Waals surface area contributed by atoms with Crippen LogP contribution in [0.1, 0.15) is 28.3 Å². The van der Waals surface area contributed by atoms with E-state index < -0.39 is 11.7 Å². The molecule has 0 amide bonds. The molecule has 5 aromatic heterocycles. The third-order valence-electron chi connectivity index (χ3n) is 6.13. The maximum atomic E-state index is 13.5. The highest BCUT2D eigenvalue weighted by molar-refractivity contribution is 6.20. The molecule has 17 heteroatoms. The number of rotatable bonds is 0. The Balaban J connectivity index is 1.71. The van der Waals surface area contributed by atoms with Crippen LogP contribution in [0.25, 0.3) is 66.7 Å². The van der Waals surface area contributed by atoms with E-state index in [4.69, 9.17) is 0 Å². The van der Waals surface area contributed by atoms with Crippen molar-refractivity contribution in [3.05, 3.63) is 46.5 Å². The number of benzene rings is 2. The summed E-state index contributed by atoms with van der Waals surface area (Å²) in [4.78, 5) is 43.0. The molecule has 14 nitrogen and oxygen atoms in total. The van der Waals surface area contributed by atoms with Crippen LogP contribution < -0.4 is 0 Å².